The van der Waals surface area contributed by atoms with Crippen LogP contribution in [0.5, 0.6) is 0 Å². The Labute approximate surface area is 156 Å². The fourth-order valence-corrected chi connectivity index (χ4v) is 5.18. The number of fused-ring (bicyclic) bond motifs is 3. The van der Waals surface area contributed by atoms with Gasteiger partial charge in [-0.25, -0.2) is 0 Å². The van der Waals surface area contributed by atoms with E-state index in [-0.39, 0.29) is 17.9 Å². The van der Waals surface area contributed by atoms with Crippen molar-refractivity contribution in [2.45, 2.75) is 63.7 Å². The highest BCUT2D eigenvalue weighted by molar-refractivity contribution is 7.20. The quantitative estimate of drug-likeness (QED) is 0.755. The summed E-state index contributed by atoms with van der Waals surface area (Å²) in [5.74, 6) is -0.317. The van der Waals surface area contributed by atoms with Crippen LogP contribution in [0.1, 0.15) is 48.0 Å². The third-order valence-electron chi connectivity index (χ3n) is 5.48. The van der Waals surface area contributed by atoms with E-state index in [1.165, 1.54) is 24.2 Å². The maximum Gasteiger partial charge on any atom is 0.262 e. The number of amides is 2. The summed E-state index contributed by atoms with van der Waals surface area (Å²) in [5.41, 5.74) is 0.907. The molecule has 4 heterocycles. The molecular formula is C18H25N5O2S. The molecule has 3 atom stereocenters. The number of rotatable bonds is 4. The van der Waals surface area contributed by atoms with Crippen LogP contribution in [0.2, 0.25) is 0 Å². The Balaban J connectivity index is 1.37. The highest BCUT2D eigenvalue weighted by atomic mass is 32.1. The smallest absolute Gasteiger partial charge is 0.262 e. The van der Waals surface area contributed by atoms with Gasteiger partial charge in [0.25, 0.3) is 5.91 Å². The summed E-state index contributed by atoms with van der Waals surface area (Å²) in [7, 11) is 1.87. The highest BCUT2D eigenvalue weighted by Crippen LogP contribution is 2.28. The van der Waals surface area contributed by atoms with Crippen molar-refractivity contribution in [1.82, 2.24) is 25.7 Å². The van der Waals surface area contributed by atoms with Gasteiger partial charge in [-0.1, -0.05) is 0 Å². The number of hydrogen-bond donors (Lipinski definition) is 3. The zero-order valence-electron chi connectivity index (χ0n) is 15.3. The molecule has 2 aliphatic heterocycles. The molecule has 140 valence electrons. The molecule has 0 radical (unpaired) electrons. The lowest BCUT2D eigenvalue weighted by Crippen LogP contribution is -2.52. The van der Waals surface area contributed by atoms with Crippen molar-refractivity contribution >= 4 is 33.4 Å². The minimum atomic E-state index is -0.556. The second kappa shape index (κ2) is 6.66. The van der Waals surface area contributed by atoms with Crippen molar-refractivity contribution in [1.29, 1.82) is 0 Å². The number of thiophene rings is 1. The Morgan fingerprint density at radius 3 is 2.69 bits per heavy atom. The van der Waals surface area contributed by atoms with Crippen molar-refractivity contribution in [3.63, 3.8) is 0 Å². The van der Waals surface area contributed by atoms with E-state index in [1.54, 1.807) is 11.6 Å². The molecule has 8 heteroatoms. The van der Waals surface area contributed by atoms with E-state index in [4.69, 9.17) is 0 Å². The van der Waals surface area contributed by atoms with Crippen LogP contribution in [0.4, 0.5) is 0 Å². The first-order valence-corrected chi connectivity index (χ1v) is 10.0. The van der Waals surface area contributed by atoms with Gasteiger partial charge < -0.3 is 16.0 Å². The van der Waals surface area contributed by atoms with Gasteiger partial charge in [0.2, 0.25) is 5.91 Å². The number of carbonyl (C=O) groups excluding carboxylic acids is 2. The van der Waals surface area contributed by atoms with Crippen LogP contribution < -0.4 is 16.0 Å². The average molecular weight is 375 g/mol. The number of aryl methyl sites for hydroxylation is 2. The molecule has 0 aromatic carbocycles. The first-order valence-electron chi connectivity index (χ1n) is 9.21. The highest BCUT2D eigenvalue weighted by Gasteiger charge is 2.34. The Hall–Kier alpha value is -1.93. The van der Waals surface area contributed by atoms with E-state index in [1.807, 2.05) is 20.0 Å². The zero-order chi connectivity index (χ0) is 18.4. The summed E-state index contributed by atoms with van der Waals surface area (Å²) in [4.78, 5) is 26.6. The van der Waals surface area contributed by atoms with E-state index in [9.17, 15) is 9.59 Å². The number of aromatic nitrogens is 2. The monoisotopic (exact) mass is 375 g/mol. The molecule has 0 aliphatic carbocycles. The van der Waals surface area contributed by atoms with Crippen LogP contribution in [0.15, 0.2) is 6.07 Å². The molecule has 0 spiro atoms. The molecule has 4 rings (SSSR count). The maximum atomic E-state index is 12.5. The molecule has 2 bridgehead atoms. The summed E-state index contributed by atoms with van der Waals surface area (Å²) in [5, 5.41) is 14.8. The number of nitrogens with zero attached hydrogens (tertiary/aromatic N) is 2. The van der Waals surface area contributed by atoms with Gasteiger partial charge in [0, 0.05) is 30.6 Å². The van der Waals surface area contributed by atoms with Gasteiger partial charge in [0.1, 0.15) is 10.9 Å². The van der Waals surface area contributed by atoms with Gasteiger partial charge in [-0.3, -0.25) is 14.3 Å². The summed E-state index contributed by atoms with van der Waals surface area (Å²) in [6, 6.07) is 2.56. The lowest BCUT2D eigenvalue weighted by atomic mass is 9.99. The van der Waals surface area contributed by atoms with E-state index >= 15 is 0 Å². The number of carbonyl (C=O) groups is 2. The first kappa shape index (κ1) is 17.5. The van der Waals surface area contributed by atoms with Crippen LogP contribution in [0.25, 0.3) is 10.2 Å². The number of hydrogen-bond acceptors (Lipinski definition) is 5. The molecule has 3 unspecified atom stereocenters. The van der Waals surface area contributed by atoms with Crippen molar-refractivity contribution < 1.29 is 9.59 Å². The third-order valence-corrected chi connectivity index (χ3v) is 6.68. The third kappa shape index (κ3) is 3.23. The lowest BCUT2D eigenvalue weighted by molar-refractivity contribution is -0.123. The predicted molar refractivity (Wildman–Crippen MR) is 101 cm³/mol. The fourth-order valence-electron chi connectivity index (χ4n) is 4.15. The van der Waals surface area contributed by atoms with E-state index < -0.39 is 6.04 Å². The van der Waals surface area contributed by atoms with Crippen molar-refractivity contribution in [2.24, 2.45) is 7.05 Å². The SMILES string of the molecule is Cc1nn(C)c2sc(C(=O)NC(C)C(=O)NC3CC4CCC(C3)N4)cc12. The van der Waals surface area contributed by atoms with E-state index in [0.29, 0.717) is 17.0 Å². The van der Waals surface area contributed by atoms with Crippen molar-refractivity contribution in [3.8, 4) is 0 Å². The normalized spacial score (nSPS) is 26.0. The average Bonchev–Trinajstić information content (AvgIpc) is 3.24. The predicted octanol–water partition coefficient (Wildman–Crippen LogP) is 1.46. The molecule has 2 saturated heterocycles. The minimum absolute atomic E-state index is 0.108. The Morgan fingerprint density at radius 2 is 2.04 bits per heavy atom. The maximum absolute atomic E-state index is 12.5. The van der Waals surface area contributed by atoms with Crippen molar-refractivity contribution in [3.05, 3.63) is 16.6 Å². The van der Waals surface area contributed by atoms with Gasteiger partial charge in [-0.05, 0) is 45.6 Å². The summed E-state index contributed by atoms with van der Waals surface area (Å²) >= 11 is 1.40. The second-order valence-electron chi connectivity index (χ2n) is 7.55. The standard InChI is InChI=1S/C18H25N5O2S/c1-9-14-8-15(26-18(14)23(3)22-9)17(25)19-10(2)16(24)21-13-6-11-4-5-12(7-13)20-11/h8,10-13,20H,4-7H2,1-3H3,(H,19,25)(H,21,24). The molecule has 3 N–H and O–H groups in total. The Morgan fingerprint density at radius 1 is 1.35 bits per heavy atom. The van der Waals surface area contributed by atoms with Gasteiger partial charge >= 0.3 is 0 Å². The van der Waals surface area contributed by atoms with Crippen molar-refractivity contribution in [2.75, 3.05) is 0 Å². The molecule has 2 aliphatic rings. The lowest BCUT2D eigenvalue weighted by Gasteiger charge is -2.30. The second-order valence-corrected chi connectivity index (χ2v) is 8.58. The number of nitrogens with one attached hydrogen (secondary N) is 3. The summed E-state index contributed by atoms with van der Waals surface area (Å²) in [6.07, 6.45) is 4.35. The minimum Gasteiger partial charge on any atom is -0.351 e. The van der Waals surface area contributed by atoms with Crippen LogP contribution in [-0.4, -0.2) is 45.8 Å². The summed E-state index contributed by atoms with van der Waals surface area (Å²) < 4.78 is 1.79. The molecule has 2 aromatic rings. The van der Waals surface area contributed by atoms with Gasteiger partial charge in [-0.2, -0.15) is 5.10 Å². The molecule has 2 amide bonds. The van der Waals surface area contributed by atoms with Crippen LogP contribution in [-0.2, 0) is 11.8 Å². The number of piperidine rings is 1. The molecule has 2 aromatic heterocycles. The molecule has 26 heavy (non-hydrogen) atoms. The van der Waals surface area contributed by atoms with Crippen LogP contribution in [0, 0.1) is 6.92 Å². The van der Waals surface area contributed by atoms with E-state index in [2.05, 4.69) is 21.0 Å². The van der Waals surface area contributed by atoms with Gasteiger partial charge in [0.15, 0.2) is 0 Å². The molecule has 7 nitrogen and oxygen atoms in total. The van der Waals surface area contributed by atoms with Gasteiger partial charge in [-0.15, -0.1) is 11.3 Å². The van der Waals surface area contributed by atoms with Crippen LogP contribution in [0.3, 0.4) is 0 Å². The fraction of sp³-hybridized carbons (Fsp3) is 0.611. The van der Waals surface area contributed by atoms with Crippen LogP contribution >= 0.6 is 11.3 Å². The molecular weight excluding hydrogens is 350 g/mol. The molecule has 2 fully saturated rings. The zero-order valence-corrected chi connectivity index (χ0v) is 16.2. The van der Waals surface area contributed by atoms with Gasteiger partial charge in [0.05, 0.1) is 10.6 Å². The Bertz CT molecular complexity index is 811. The first-order chi connectivity index (χ1) is 12.4. The summed E-state index contributed by atoms with van der Waals surface area (Å²) in [6.45, 7) is 3.67. The Kier molecular flexibility index (Phi) is 4.48. The molecule has 0 saturated carbocycles. The van der Waals surface area contributed by atoms with E-state index in [0.717, 1.165) is 28.8 Å². The largest absolute Gasteiger partial charge is 0.351 e. The topological polar surface area (TPSA) is 88.0 Å².